The molecule has 0 radical (unpaired) electrons. The van der Waals surface area contributed by atoms with E-state index in [1.54, 1.807) is 12.1 Å². The maximum Gasteiger partial charge on any atom is 0.311 e. The van der Waals surface area contributed by atoms with Crippen LogP contribution in [0.3, 0.4) is 0 Å². The Balaban J connectivity index is 2.65. The number of nitro benzene ring substituents is 1. The Hall–Kier alpha value is -1.61. The van der Waals surface area contributed by atoms with Crippen LogP contribution in [0.5, 0.6) is 5.75 Å². The lowest BCUT2D eigenvalue weighted by atomic mass is 9.90. The quantitative estimate of drug-likeness (QED) is 0.322. The first-order chi connectivity index (χ1) is 9.39. The number of hydrogen-bond donors (Lipinski definition) is 0. The van der Waals surface area contributed by atoms with Crippen molar-refractivity contribution in [2.24, 2.45) is 5.41 Å². The fourth-order valence-electron chi connectivity index (χ4n) is 1.66. The molecule has 0 fully saturated rings. The SMILES string of the molecule is CC(C)(C#N)CCCOc1ccc(CBr)cc1[N+](=O)[O-]. The predicted molar refractivity (Wildman–Crippen MR) is 79.9 cm³/mol. The van der Waals surface area contributed by atoms with Crippen molar-refractivity contribution in [3.63, 3.8) is 0 Å². The molecule has 0 aromatic heterocycles. The van der Waals surface area contributed by atoms with E-state index in [2.05, 4.69) is 22.0 Å². The summed E-state index contributed by atoms with van der Waals surface area (Å²) in [4.78, 5) is 10.6. The minimum absolute atomic E-state index is 0.0264. The summed E-state index contributed by atoms with van der Waals surface area (Å²) in [7, 11) is 0. The molecular formula is C14H17BrN2O3. The van der Waals surface area contributed by atoms with Gasteiger partial charge in [0.25, 0.3) is 0 Å². The van der Waals surface area contributed by atoms with Gasteiger partial charge in [-0.3, -0.25) is 10.1 Å². The molecule has 6 heteroatoms. The lowest BCUT2D eigenvalue weighted by molar-refractivity contribution is -0.385. The first-order valence-electron chi connectivity index (χ1n) is 6.27. The van der Waals surface area contributed by atoms with Crippen LogP contribution < -0.4 is 4.74 Å². The molecule has 5 nitrogen and oxygen atoms in total. The summed E-state index contributed by atoms with van der Waals surface area (Å²) in [5, 5.41) is 20.5. The van der Waals surface area contributed by atoms with Crippen molar-refractivity contribution in [2.75, 3.05) is 6.61 Å². The van der Waals surface area contributed by atoms with Gasteiger partial charge in [-0.2, -0.15) is 5.26 Å². The number of hydrogen-bond acceptors (Lipinski definition) is 4. The van der Waals surface area contributed by atoms with Crippen molar-refractivity contribution < 1.29 is 9.66 Å². The minimum Gasteiger partial charge on any atom is -0.487 e. The summed E-state index contributed by atoms with van der Waals surface area (Å²) in [5.41, 5.74) is 0.408. The van der Waals surface area contributed by atoms with E-state index in [0.717, 1.165) is 5.56 Å². The van der Waals surface area contributed by atoms with Gasteiger partial charge in [-0.1, -0.05) is 22.0 Å². The summed E-state index contributed by atoms with van der Waals surface area (Å²) in [5.74, 6) is 0.273. The lowest BCUT2D eigenvalue weighted by Gasteiger charge is -2.14. The van der Waals surface area contributed by atoms with E-state index in [0.29, 0.717) is 24.8 Å². The maximum absolute atomic E-state index is 11.0. The lowest BCUT2D eigenvalue weighted by Crippen LogP contribution is -2.10. The summed E-state index contributed by atoms with van der Waals surface area (Å²) >= 11 is 3.26. The third-order valence-electron chi connectivity index (χ3n) is 2.88. The van der Waals surface area contributed by atoms with Gasteiger partial charge >= 0.3 is 5.69 Å². The molecule has 1 rings (SSSR count). The number of alkyl halides is 1. The highest BCUT2D eigenvalue weighted by atomic mass is 79.9. The van der Waals surface area contributed by atoms with E-state index in [1.807, 2.05) is 13.8 Å². The first-order valence-corrected chi connectivity index (χ1v) is 7.39. The molecule has 0 saturated carbocycles. The molecule has 0 amide bonds. The third kappa shape index (κ3) is 4.82. The number of rotatable bonds is 7. The molecule has 108 valence electrons. The molecule has 0 aliphatic heterocycles. The number of ether oxygens (including phenoxy) is 1. The Morgan fingerprint density at radius 2 is 2.20 bits per heavy atom. The van der Waals surface area contributed by atoms with Gasteiger partial charge < -0.3 is 4.74 Å². The fraction of sp³-hybridized carbons (Fsp3) is 0.500. The molecule has 0 atom stereocenters. The Labute approximate surface area is 126 Å². The normalized spacial score (nSPS) is 10.9. The summed E-state index contributed by atoms with van der Waals surface area (Å²) in [6.07, 6.45) is 1.37. The minimum atomic E-state index is -0.444. The zero-order valence-corrected chi connectivity index (χ0v) is 13.1. The van der Waals surface area contributed by atoms with E-state index in [1.165, 1.54) is 6.07 Å². The van der Waals surface area contributed by atoms with Crippen LogP contribution in [0.1, 0.15) is 32.3 Å². The molecule has 0 heterocycles. The third-order valence-corrected chi connectivity index (χ3v) is 3.53. The molecule has 0 unspecified atom stereocenters. The molecule has 0 N–H and O–H groups in total. The zero-order chi connectivity index (χ0) is 15.2. The van der Waals surface area contributed by atoms with Crippen LogP contribution in [0.2, 0.25) is 0 Å². The molecule has 0 aliphatic rings. The summed E-state index contributed by atoms with van der Waals surface area (Å²) in [6.45, 7) is 4.08. The van der Waals surface area contributed by atoms with Crippen LogP contribution in [0.4, 0.5) is 5.69 Å². The van der Waals surface area contributed by atoms with Gasteiger partial charge in [0.2, 0.25) is 0 Å². The van der Waals surface area contributed by atoms with Crippen molar-refractivity contribution in [3.8, 4) is 11.8 Å². The van der Waals surface area contributed by atoms with Crippen LogP contribution in [0, 0.1) is 26.9 Å². The Morgan fingerprint density at radius 3 is 2.75 bits per heavy atom. The van der Waals surface area contributed by atoms with Gasteiger partial charge in [0.15, 0.2) is 5.75 Å². The standard InChI is InChI=1S/C14H17BrN2O3/c1-14(2,10-16)6-3-7-20-13-5-4-11(9-15)8-12(13)17(18)19/h4-5,8H,3,6-7,9H2,1-2H3. The van der Waals surface area contributed by atoms with Crippen LogP contribution >= 0.6 is 15.9 Å². The molecule has 1 aromatic rings. The first kappa shape index (κ1) is 16.4. The maximum atomic E-state index is 11.0. The predicted octanol–water partition coefficient (Wildman–Crippen LogP) is 4.20. The Bertz CT molecular complexity index is 524. The fourth-order valence-corrected chi connectivity index (χ4v) is 2.01. The van der Waals surface area contributed by atoms with E-state index in [4.69, 9.17) is 10.00 Å². The molecule has 0 spiro atoms. The smallest absolute Gasteiger partial charge is 0.311 e. The van der Waals surface area contributed by atoms with Gasteiger partial charge in [-0.25, -0.2) is 0 Å². The van der Waals surface area contributed by atoms with Gasteiger partial charge in [0.1, 0.15) is 0 Å². The average Bonchev–Trinajstić information content (AvgIpc) is 2.43. The number of halogens is 1. The van der Waals surface area contributed by atoms with E-state index in [-0.39, 0.29) is 11.4 Å². The van der Waals surface area contributed by atoms with Crippen LogP contribution in [-0.2, 0) is 5.33 Å². The van der Waals surface area contributed by atoms with Crippen molar-refractivity contribution in [1.29, 1.82) is 5.26 Å². The molecule has 0 aliphatic carbocycles. The number of nitro groups is 1. The molecule has 1 aromatic carbocycles. The van der Waals surface area contributed by atoms with Crippen LogP contribution in [-0.4, -0.2) is 11.5 Å². The van der Waals surface area contributed by atoms with Gasteiger partial charge in [0.05, 0.1) is 23.0 Å². The highest BCUT2D eigenvalue weighted by molar-refractivity contribution is 9.08. The van der Waals surface area contributed by atoms with E-state index < -0.39 is 10.3 Å². The van der Waals surface area contributed by atoms with Crippen molar-refractivity contribution in [1.82, 2.24) is 0 Å². The molecule has 0 saturated heterocycles. The molecule has 0 bridgehead atoms. The molecular weight excluding hydrogens is 324 g/mol. The van der Waals surface area contributed by atoms with Crippen molar-refractivity contribution in [3.05, 3.63) is 33.9 Å². The highest BCUT2D eigenvalue weighted by Gasteiger charge is 2.18. The van der Waals surface area contributed by atoms with Crippen LogP contribution in [0.25, 0.3) is 0 Å². The van der Waals surface area contributed by atoms with E-state index in [9.17, 15) is 10.1 Å². The van der Waals surface area contributed by atoms with E-state index >= 15 is 0 Å². The molecule has 20 heavy (non-hydrogen) atoms. The number of nitrogens with zero attached hydrogens (tertiary/aromatic N) is 2. The Kier molecular flexibility index (Phi) is 5.96. The monoisotopic (exact) mass is 340 g/mol. The van der Waals surface area contributed by atoms with Crippen molar-refractivity contribution >= 4 is 21.6 Å². The average molecular weight is 341 g/mol. The zero-order valence-electron chi connectivity index (χ0n) is 11.6. The Morgan fingerprint density at radius 1 is 1.50 bits per heavy atom. The second-order valence-corrected chi connectivity index (χ2v) is 5.70. The topological polar surface area (TPSA) is 76.2 Å². The second-order valence-electron chi connectivity index (χ2n) is 5.14. The summed E-state index contributed by atoms with van der Waals surface area (Å²) < 4.78 is 5.47. The second kappa shape index (κ2) is 7.25. The number of benzene rings is 1. The number of nitriles is 1. The van der Waals surface area contributed by atoms with Gasteiger partial charge in [0, 0.05) is 11.4 Å². The van der Waals surface area contributed by atoms with Gasteiger partial charge in [-0.15, -0.1) is 0 Å². The highest BCUT2D eigenvalue weighted by Crippen LogP contribution is 2.29. The van der Waals surface area contributed by atoms with Crippen LogP contribution in [0.15, 0.2) is 18.2 Å². The summed E-state index contributed by atoms with van der Waals surface area (Å²) in [6, 6.07) is 7.12. The van der Waals surface area contributed by atoms with Crippen molar-refractivity contribution in [2.45, 2.75) is 32.0 Å². The largest absolute Gasteiger partial charge is 0.487 e. The van der Waals surface area contributed by atoms with Gasteiger partial charge in [-0.05, 0) is 38.3 Å².